The zero-order valence-electron chi connectivity index (χ0n) is 8.91. The molecule has 0 spiro atoms. The van der Waals surface area contributed by atoms with Gasteiger partial charge in [-0.1, -0.05) is 46.8 Å². The molecule has 0 bridgehead atoms. The number of nitrogens with one attached hydrogen (secondary N) is 1. The third-order valence-corrected chi connectivity index (χ3v) is 2.70. The molecule has 0 saturated carbocycles. The van der Waals surface area contributed by atoms with Crippen molar-refractivity contribution in [3.8, 4) is 0 Å². The molecule has 80 valence electrons. The maximum atomic E-state index is 3.60. The molecule has 0 aliphatic rings. The first kappa shape index (κ1) is 12.0. The van der Waals surface area contributed by atoms with Gasteiger partial charge in [0.25, 0.3) is 0 Å². The van der Waals surface area contributed by atoms with E-state index in [1.165, 1.54) is 11.1 Å². The molecule has 0 fully saturated rings. The first-order valence-corrected chi connectivity index (χ1v) is 5.93. The van der Waals surface area contributed by atoms with Crippen LogP contribution < -0.4 is 5.32 Å². The van der Waals surface area contributed by atoms with Gasteiger partial charge in [-0.2, -0.15) is 0 Å². The number of benzene rings is 1. The van der Waals surface area contributed by atoms with E-state index >= 15 is 0 Å². The number of nitrogens with zero attached hydrogens (tertiary/aromatic N) is 1. The first-order chi connectivity index (χ1) is 7.27. The second-order valence-electron chi connectivity index (χ2n) is 3.32. The summed E-state index contributed by atoms with van der Waals surface area (Å²) in [5, 5.41) is 3.85. The second kappa shape index (κ2) is 6.40. The van der Waals surface area contributed by atoms with E-state index in [4.69, 9.17) is 0 Å². The molecule has 0 amide bonds. The quantitative estimate of drug-likeness (QED) is 0.375. The summed E-state index contributed by atoms with van der Waals surface area (Å²) in [6.45, 7) is 4.49. The third kappa shape index (κ3) is 3.88. The largest absolute Gasteiger partial charge is 0.267 e. The predicted octanol–water partition coefficient (Wildman–Crippen LogP) is 2.49. The summed E-state index contributed by atoms with van der Waals surface area (Å²) in [7, 11) is 2.03. The Kier molecular flexibility index (Phi) is 5.12. The van der Waals surface area contributed by atoms with Crippen LogP contribution >= 0.6 is 15.9 Å². The zero-order valence-corrected chi connectivity index (χ0v) is 10.5. The molecule has 1 rings (SSSR count). The van der Waals surface area contributed by atoms with Crippen LogP contribution in [0.1, 0.15) is 11.1 Å². The molecular formula is C12H16BrN2+. The third-order valence-electron chi connectivity index (χ3n) is 2.09. The molecule has 1 aromatic carbocycles. The predicted molar refractivity (Wildman–Crippen MR) is 68.4 cm³/mol. The van der Waals surface area contributed by atoms with Crippen LogP contribution in [0, 0.1) is 0 Å². The molecule has 1 N–H and O–H groups in total. The Labute approximate surface area is 99.5 Å². The lowest BCUT2D eigenvalue weighted by Crippen LogP contribution is -2.15. The summed E-state index contributed by atoms with van der Waals surface area (Å²) in [5.41, 5.74) is 2.66. The van der Waals surface area contributed by atoms with Crippen LogP contribution in [-0.4, -0.2) is 18.0 Å². The molecule has 0 unspecified atom stereocenters. The lowest BCUT2D eigenvalue weighted by atomic mass is 10.1. The van der Waals surface area contributed by atoms with Crippen LogP contribution in [-0.2, 0) is 11.9 Å². The molecular weight excluding hydrogens is 252 g/mol. The van der Waals surface area contributed by atoms with E-state index < -0.39 is 0 Å². The monoisotopic (exact) mass is 267 g/mol. The lowest BCUT2D eigenvalue weighted by Gasteiger charge is -2.05. The standard InChI is InChI=1S/C12H15BrN2/c1-3-14-10-15(2)9-12-7-5-4-6-11(12)8-13/h3-7,10H,1,8-9H2,2H3/p+1. The Morgan fingerprint density at radius 3 is 2.67 bits per heavy atom. The summed E-state index contributed by atoms with van der Waals surface area (Å²) >= 11 is 3.49. The van der Waals surface area contributed by atoms with Crippen LogP contribution in [0.4, 0.5) is 0 Å². The van der Waals surface area contributed by atoms with Gasteiger partial charge < -0.3 is 0 Å². The van der Waals surface area contributed by atoms with Gasteiger partial charge in [0.2, 0.25) is 6.34 Å². The van der Waals surface area contributed by atoms with Gasteiger partial charge in [0.05, 0.1) is 13.2 Å². The SMILES string of the molecule is C=CNC=[N+](C)Cc1ccccc1CBr. The topological polar surface area (TPSA) is 15.0 Å². The number of hydrogen-bond acceptors (Lipinski definition) is 0. The van der Waals surface area contributed by atoms with Crippen molar-refractivity contribution in [2.45, 2.75) is 11.9 Å². The molecule has 2 nitrogen and oxygen atoms in total. The highest BCUT2D eigenvalue weighted by atomic mass is 79.9. The van der Waals surface area contributed by atoms with Crippen LogP contribution in [0.3, 0.4) is 0 Å². The zero-order chi connectivity index (χ0) is 11.1. The second-order valence-corrected chi connectivity index (χ2v) is 3.88. The number of halogens is 1. The van der Waals surface area contributed by atoms with Crippen LogP contribution in [0.2, 0.25) is 0 Å². The molecule has 0 aliphatic heterocycles. The maximum absolute atomic E-state index is 3.60. The lowest BCUT2D eigenvalue weighted by molar-refractivity contribution is -0.510. The highest BCUT2D eigenvalue weighted by molar-refractivity contribution is 9.08. The van der Waals surface area contributed by atoms with Gasteiger partial charge in [0.15, 0.2) is 0 Å². The van der Waals surface area contributed by atoms with E-state index in [0.717, 1.165) is 11.9 Å². The summed E-state index contributed by atoms with van der Waals surface area (Å²) < 4.78 is 2.09. The van der Waals surface area contributed by atoms with Crippen molar-refractivity contribution < 1.29 is 4.58 Å². The number of alkyl halides is 1. The van der Waals surface area contributed by atoms with Gasteiger partial charge in [0.1, 0.15) is 6.54 Å². The normalized spacial score (nSPS) is 11.2. The molecule has 1 aromatic rings. The van der Waals surface area contributed by atoms with Crippen molar-refractivity contribution in [2.75, 3.05) is 7.05 Å². The summed E-state index contributed by atoms with van der Waals surface area (Å²) in [6.07, 6.45) is 3.56. The van der Waals surface area contributed by atoms with E-state index in [1.807, 2.05) is 13.4 Å². The van der Waals surface area contributed by atoms with Gasteiger partial charge in [-0.25, -0.2) is 0 Å². The van der Waals surface area contributed by atoms with Crippen LogP contribution in [0.5, 0.6) is 0 Å². The Balaban J connectivity index is 2.75. The number of hydrogen-bond donors (Lipinski definition) is 1. The average molecular weight is 268 g/mol. The molecule has 0 aromatic heterocycles. The van der Waals surface area contributed by atoms with Crippen molar-refractivity contribution in [2.24, 2.45) is 0 Å². The molecule has 0 heterocycles. The van der Waals surface area contributed by atoms with E-state index in [2.05, 4.69) is 56.7 Å². The minimum atomic E-state index is 0.891. The minimum Gasteiger partial charge on any atom is -0.267 e. The molecule has 3 heteroatoms. The van der Waals surface area contributed by atoms with E-state index in [9.17, 15) is 0 Å². The van der Waals surface area contributed by atoms with E-state index in [0.29, 0.717) is 0 Å². The van der Waals surface area contributed by atoms with Gasteiger partial charge in [-0.05, 0) is 11.1 Å². The van der Waals surface area contributed by atoms with Crippen molar-refractivity contribution >= 4 is 22.3 Å². The first-order valence-electron chi connectivity index (χ1n) is 4.81. The van der Waals surface area contributed by atoms with Gasteiger partial charge >= 0.3 is 0 Å². The van der Waals surface area contributed by atoms with Crippen molar-refractivity contribution in [1.82, 2.24) is 5.32 Å². The van der Waals surface area contributed by atoms with E-state index in [-0.39, 0.29) is 0 Å². The smallest absolute Gasteiger partial charge is 0.236 e. The molecule has 0 aliphatic carbocycles. The maximum Gasteiger partial charge on any atom is 0.236 e. The fourth-order valence-corrected chi connectivity index (χ4v) is 1.88. The molecule has 0 atom stereocenters. The average Bonchev–Trinajstić information content (AvgIpc) is 2.27. The Hall–Kier alpha value is -1.09. The Morgan fingerprint density at radius 2 is 2.07 bits per heavy atom. The van der Waals surface area contributed by atoms with Crippen molar-refractivity contribution in [3.05, 3.63) is 48.2 Å². The Bertz CT molecular complexity index is 358. The van der Waals surface area contributed by atoms with Crippen LogP contribution in [0.15, 0.2) is 37.0 Å². The molecule has 15 heavy (non-hydrogen) atoms. The molecule has 0 radical (unpaired) electrons. The molecule has 0 saturated heterocycles. The van der Waals surface area contributed by atoms with Gasteiger partial charge in [0, 0.05) is 5.33 Å². The fourth-order valence-electron chi connectivity index (χ4n) is 1.34. The summed E-state index contributed by atoms with van der Waals surface area (Å²) in [4.78, 5) is 0. The van der Waals surface area contributed by atoms with Gasteiger partial charge in [-0.3, -0.25) is 9.89 Å². The highest BCUT2D eigenvalue weighted by Crippen LogP contribution is 2.12. The van der Waals surface area contributed by atoms with Crippen LogP contribution in [0.25, 0.3) is 0 Å². The van der Waals surface area contributed by atoms with E-state index in [1.54, 1.807) is 6.20 Å². The number of rotatable bonds is 5. The van der Waals surface area contributed by atoms with Crippen molar-refractivity contribution in [1.29, 1.82) is 0 Å². The van der Waals surface area contributed by atoms with Crippen molar-refractivity contribution in [3.63, 3.8) is 0 Å². The minimum absolute atomic E-state index is 0.891. The summed E-state index contributed by atoms with van der Waals surface area (Å²) in [5.74, 6) is 0. The highest BCUT2D eigenvalue weighted by Gasteiger charge is 2.02. The fraction of sp³-hybridized carbons (Fsp3) is 0.250. The Morgan fingerprint density at radius 1 is 1.40 bits per heavy atom. The summed E-state index contributed by atoms with van der Waals surface area (Å²) in [6, 6.07) is 8.41. The van der Waals surface area contributed by atoms with Gasteiger partial charge in [-0.15, -0.1) is 0 Å².